The molecule has 0 aliphatic carbocycles. The van der Waals surface area contributed by atoms with Crippen LogP contribution in [0.25, 0.3) is 0 Å². The van der Waals surface area contributed by atoms with Crippen molar-refractivity contribution in [1.82, 2.24) is 0 Å². The number of carbonyl (C=O) groups excluding carboxylic acids is 2. The molecule has 92 valence electrons. The van der Waals surface area contributed by atoms with E-state index in [1.165, 1.54) is 13.8 Å². The number of rotatable bonds is 5. The lowest BCUT2D eigenvalue weighted by atomic mass is 10.8. The van der Waals surface area contributed by atoms with E-state index < -0.39 is 20.5 Å². The van der Waals surface area contributed by atoms with Crippen molar-refractivity contribution in [2.75, 3.05) is 6.61 Å². The number of hydrogen-bond donors (Lipinski definition) is 0. The van der Waals surface area contributed by atoms with Gasteiger partial charge in [0.2, 0.25) is 0 Å². The molecule has 0 radical (unpaired) electrons. The van der Waals surface area contributed by atoms with Gasteiger partial charge in [0.15, 0.2) is 5.05 Å². The zero-order valence-electron chi connectivity index (χ0n) is 9.86. The topological polar surface area (TPSA) is 61.8 Å². The third kappa shape index (κ3) is 7.35. The van der Waals surface area contributed by atoms with E-state index in [-0.39, 0.29) is 6.61 Å². The van der Waals surface area contributed by atoms with E-state index in [2.05, 4.69) is 0 Å². The molecule has 0 fully saturated rings. The van der Waals surface area contributed by atoms with Gasteiger partial charge in [0.25, 0.3) is 11.9 Å². The van der Waals surface area contributed by atoms with Crippen LogP contribution in [0.15, 0.2) is 0 Å². The SMILES string of the molecule is CC(=O)O[Si](C)(CCOC(C)=S)OC(C)=O. The minimum Gasteiger partial charge on any atom is -0.487 e. The van der Waals surface area contributed by atoms with Crippen LogP contribution >= 0.6 is 12.2 Å². The molecule has 0 saturated carbocycles. The van der Waals surface area contributed by atoms with Crippen LogP contribution < -0.4 is 0 Å². The van der Waals surface area contributed by atoms with Gasteiger partial charge in [-0.2, -0.15) is 0 Å². The van der Waals surface area contributed by atoms with Crippen molar-refractivity contribution in [3.8, 4) is 0 Å². The molecule has 0 aromatic carbocycles. The van der Waals surface area contributed by atoms with Crippen molar-refractivity contribution in [3.63, 3.8) is 0 Å². The van der Waals surface area contributed by atoms with Crippen molar-refractivity contribution < 1.29 is 23.2 Å². The molecule has 0 aromatic heterocycles. The second kappa shape index (κ2) is 6.59. The van der Waals surface area contributed by atoms with Gasteiger partial charge in [0.05, 0.1) is 6.61 Å². The lowest BCUT2D eigenvalue weighted by Crippen LogP contribution is -2.42. The smallest absolute Gasteiger partial charge is 0.464 e. The van der Waals surface area contributed by atoms with E-state index in [0.717, 1.165) is 0 Å². The Bertz CT molecular complexity index is 276. The van der Waals surface area contributed by atoms with Gasteiger partial charge in [-0.05, 0) is 12.2 Å². The number of carbonyl (C=O) groups is 2. The highest BCUT2D eigenvalue weighted by atomic mass is 32.1. The molecule has 0 heterocycles. The predicted molar refractivity (Wildman–Crippen MR) is 64.2 cm³/mol. The number of thiocarbonyl (C=S) groups is 1. The van der Waals surface area contributed by atoms with Gasteiger partial charge < -0.3 is 13.6 Å². The summed E-state index contributed by atoms with van der Waals surface area (Å²) < 4.78 is 15.2. The highest BCUT2D eigenvalue weighted by Crippen LogP contribution is 2.14. The molecule has 0 aliphatic heterocycles. The Morgan fingerprint density at radius 2 is 1.56 bits per heavy atom. The molecule has 0 N–H and O–H groups in total. The Morgan fingerprint density at radius 3 is 1.88 bits per heavy atom. The Kier molecular flexibility index (Phi) is 6.20. The Morgan fingerprint density at radius 1 is 1.12 bits per heavy atom. The van der Waals surface area contributed by atoms with Crippen LogP contribution in [0.4, 0.5) is 0 Å². The normalized spacial score (nSPS) is 10.5. The van der Waals surface area contributed by atoms with Gasteiger partial charge in [0, 0.05) is 33.4 Å². The molecule has 0 saturated heterocycles. The summed E-state index contributed by atoms with van der Waals surface area (Å²) in [6.07, 6.45) is 0. The number of ether oxygens (including phenoxy) is 1. The van der Waals surface area contributed by atoms with Gasteiger partial charge in [-0.25, -0.2) is 0 Å². The van der Waals surface area contributed by atoms with Crippen molar-refractivity contribution in [2.45, 2.75) is 33.4 Å². The quantitative estimate of drug-likeness (QED) is 0.554. The lowest BCUT2D eigenvalue weighted by molar-refractivity contribution is -0.138. The monoisotopic (exact) mass is 264 g/mol. The van der Waals surface area contributed by atoms with Crippen molar-refractivity contribution in [3.05, 3.63) is 0 Å². The van der Waals surface area contributed by atoms with E-state index >= 15 is 0 Å². The van der Waals surface area contributed by atoms with Crippen LogP contribution in [-0.4, -0.2) is 32.2 Å². The summed E-state index contributed by atoms with van der Waals surface area (Å²) in [5.41, 5.74) is 0. The zero-order valence-corrected chi connectivity index (χ0v) is 11.7. The first-order chi connectivity index (χ1) is 7.25. The molecule has 7 heteroatoms. The molecular weight excluding hydrogens is 248 g/mol. The maximum absolute atomic E-state index is 10.9. The van der Waals surface area contributed by atoms with Crippen LogP contribution in [0.1, 0.15) is 20.8 Å². The Balaban J connectivity index is 4.34. The first-order valence-electron chi connectivity index (χ1n) is 4.78. The minimum atomic E-state index is -2.83. The third-order valence-electron chi connectivity index (χ3n) is 1.58. The predicted octanol–water partition coefficient (Wildman–Crippen LogP) is 1.55. The maximum atomic E-state index is 10.9. The maximum Gasteiger partial charge on any atom is 0.464 e. The van der Waals surface area contributed by atoms with Gasteiger partial charge in [0.1, 0.15) is 0 Å². The number of hydrogen-bond acceptors (Lipinski definition) is 6. The standard InChI is InChI=1S/C9H16O5SSi/c1-7(10)13-16(4,14-8(2)11)6-5-12-9(3)15/h5-6H2,1-4H3. The molecule has 0 atom stereocenters. The lowest BCUT2D eigenvalue weighted by Gasteiger charge is -2.24. The van der Waals surface area contributed by atoms with E-state index in [1.807, 2.05) is 0 Å². The Hall–Kier alpha value is -0.953. The van der Waals surface area contributed by atoms with E-state index in [1.54, 1.807) is 13.5 Å². The minimum absolute atomic E-state index is 0.276. The van der Waals surface area contributed by atoms with Crippen molar-refractivity contribution in [1.29, 1.82) is 0 Å². The van der Waals surface area contributed by atoms with E-state index in [9.17, 15) is 9.59 Å². The summed E-state index contributed by atoms with van der Waals surface area (Å²) in [7, 11) is -2.83. The van der Waals surface area contributed by atoms with Gasteiger partial charge >= 0.3 is 8.56 Å². The second-order valence-electron chi connectivity index (χ2n) is 3.41. The molecule has 16 heavy (non-hydrogen) atoms. The molecule has 0 amide bonds. The fourth-order valence-corrected chi connectivity index (χ4v) is 3.13. The first-order valence-corrected chi connectivity index (χ1v) is 7.71. The average Bonchev–Trinajstić information content (AvgIpc) is 1.98. The zero-order chi connectivity index (χ0) is 12.8. The summed E-state index contributed by atoms with van der Waals surface area (Å²) in [5.74, 6) is -0.927. The van der Waals surface area contributed by atoms with Crippen LogP contribution in [0.3, 0.4) is 0 Å². The van der Waals surface area contributed by atoms with E-state index in [0.29, 0.717) is 11.1 Å². The van der Waals surface area contributed by atoms with Crippen molar-refractivity contribution in [2.24, 2.45) is 0 Å². The molecule has 5 nitrogen and oxygen atoms in total. The summed E-state index contributed by atoms with van der Waals surface area (Å²) in [4.78, 5) is 21.8. The van der Waals surface area contributed by atoms with Crippen LogP contribution in [-0.2, 0) is 23.2 Å². The molecular formula is C9H16O5SSi. The first kappa shape index (κ1) is 15.0. The molecule has 0 aromatic rings. The molecule has 0 unspecified atom stereocenters. The molecule has 0 spiro atoms. The van der Waals surface area contributed by atoms with Gasteiger partial charge in [-0.15, -0.1) is 0 Å². The summed E-state index contributed by atoms with van der Waals surface area (Å²) in [6, 6.07) is 0.361. The van der Waals surface area contributed by atoms with E-state index in [4.69, 9.17) is 25.8 Å². The van der Waals surface area contributed by atoms with Crippen molar-refractivity contribution >= 4 is 37.8 Å². The second-order valence-corrected chi connectivity index (χ2v) is 7.16. The van der Waals surface area contributed by atoms with Crippen LogP contribution in [0.2, 0.25) is 12.6 Å². The van der Waals surface area contributed by atoms with Crippen LogP contribution in [0, 0.1) is 0 Å². The highest BCUT2D eigenvalue weighted by Gasteiger charge is 2.38. The summed E-state index contributed by atoms with van der Waals surface area (Å²) >= 11 is 4.74. The summed E-state index contributed by atoms with van der Waals surface area (Å²) in [6.45, 7) is 6.11. The molecule has 0 rings (SSSR count). The largest absolute Gasteiger partial charge is 0.487 e. The Labute approximate surface area is 101 Å². The fourth-order valence-electron chi connectivity index (χ4n) is 1.11. The molecule has 0 aliphatic rings. The van der Waals surface area contributed by atoms with Gasteiger partial charge in [-0.1, -0.05) is 0 Å². The third-order valence-corrected chi connectivity index (χ3v) is 4.25. The van der Waals surface area contributed by atoms with Crippen LogP contribution in [0.5, 0.6) is 0 Å². The fraction of sp³-hybridized carbons (Fsp3) is 0.667. The molecule has 0 bridgehead atoms. The summed E-state index contributed by atoms with van der Waals surface area (Å²) in [5, 5.41) is 0.405. The average molecular weight is 264 g/mol. The highest BCUT2D eigenvalue weighted by molar-refractivity contribution is 7.80. The van der Waals surface area contributed by atoms with Gasteiger partial charge in [-0.3, -0.25) is 9.59 Å².